The standard InChI is InChI=1S/C26H24F3N7O3S/c1-13-6-7-17(34-24(39)15-4-3-5-16(10-15)26(27,28)29)11-18(13)21-22(23(30)38)40-25(36-21)35-20-12-19(31-8-9-37)32-14(2)33-20/h3-7,10-12,37H,8-9H2,1-2H3,(H2,30,38)(H,34,39)(H2,31,32,33,35,36). The number of carbonyl (C=O) groups is 2. The molecule has 0 saturated heterocycles. The minimum Gasteiger partial charge on any atom is -0.395 e. The molecule has 2 heterocycles. The number of halogens is 3. The van der Waals surface area contributed by atoms with Crippen molar-refractivity contribution < 1.29 is 27.9 Å². The van der Waals surface area contributed by atoms with E-state index in [1.54, 1.807) is 38.1 Å². The highest BCUT2D eigenvalue weighted by molar-refractivity contribution is 7.18. The summed E-state index contributed by atoms with van der Waals surface area (Å²) in [4.78, 5) is 38.3. The molecule has 208 valence electrons. The van der Waals surface area contributed by atoms with Crippen molar-refractivity contribution in [3.63, 3.8) is 0 Å². The smallest absolute Gasteiger partial charge is 0.395 e. The summed E-state index contributed by atoms with van der Waals surface area (Å²) >= 11 is 1.00. The predicted octanol–water partition coefficient (Wildman–Crippen LogP) is 4.73. The number of aliphatic hydroxyl groups is 1. The van der Waals surface area contributed by atoms with Crippen LogP contribution in [0.15, 0.2) is 48.5 Å². The molecule has 0 unspecified atom stereocenters. The molecule has 0 aliphatic rings. The molecule has 10 nitrogen and oxygen atoms in total. The number of hydrogen-bond donors (Lipinski definition) is 5. The van der Waals surface area contributed by atoms with Gasteiger partial charge in [0.1, 0.15) is 22.3 Å². The van der Waals surface area contributed by atoms with Gasteiger partial charge in [0.05, 0.1) is 17.9 Å². The molecule has 4 rings (SSSR count). The molecule has 0 saturated carbocycles. The van der Waals surface area contributed by atoms with Crippen LogP contribution in [-0.4, -0.2) is 45.0 Å². The van der Waals surface area contributed by atoms with Crippen molar-refractivity contribution >= 4 is 45.6 Å². The fourth-order valence-electron chi connectivity index (χ4n) is 3.73. The van der Waals surface area contributed by atoms with Gasteiger partial charge in [0.25, 0.3) is 11.8 Å². The Labute approximate surface area is 230 Å². The van der Waals surface area contributed by atoms with E-state index in [-0.39, 0.29) is 28.4 Å². The van der Waals surface area contributed by atoms with E-state index < -0.39 is 23.6 Å². The number of hydrogen-bond acceptors (Lipinski definition) is 9. The maximum Gasteiger partial charge on any atom is 0.416 e. The fourth-order valence-corrected chi connectivity index (χ4v) is 4.57. The maximum atomic E-state index is 13.1. The van der Waals surface area contributed by atoms with Gasteiger partial charge in [0.15, 0.2) is 5.13 Å². The van der Waals surface area contributed by atoms with E-state index in [1.165, 1.54) is 6.07 Å². The minimum absolute atomic E-state index is 0.0809. The van der Waals surface area contributed by atoms with Gasteiger partial charge in [-0.1, -0.05) is 23.5 Å². The van der Waals surface area contributed by atoms with Gasteiger partial charge in [-0.25, -0.2) is 15.0 Å². The van der Waals surface area contributed by atoms with Crippen molar-refractivity contribution in [1.29, 1.82) is 0 Å². The van der Waals surface area contributed by atoms with E-state index in [4.69, 9.17) is 10.8 Å². The SMILES string of the molecule is Cc1nc(NCCO)cc(Nc2nc(-c3cc(NC(=O)c4cccc(C(F)(F)F)c4)ccc3C)c(C(N)=O)s2)n1. The second kappa shape index (κ2) is 11.7. The van der Waals surface area contributed by atoms with E-state index >= 15 is 0 Å². The van der Waals surface area contributed by atoms with Crippen molar-refractivity contribution in [2.24, 2.45) is 5.73 Å². The van der Waals surface area contributed by atoms with Crippen LogP contribution in [0.25, 0.3) is 11.3 Å². The summed E-state index contributed by atoms with van der Waals surface area (Å²) in [6.45, 7) is 3.68. The van der Waals surface area contributed by atoms with Crippen molar-refractivity contribution in [3.8, 4) is 11.3 Å². The largest absolute Gasteiger partial charge is 0.416 e. The van der Waals surface area contributed by atoms with E-state index in [0.717, 1.165) is 29.5 Å². The zero-order valence-corrected chi connectivity index (χ0v) is 22.1. The van der Waals surface area contributed by atoms with Gasteiger partial charge in [-0.3, -0.25) is 9.59 Å². The van der Waals surface area contributed by atoms with Crippen molar-refractivity contribution in [3.05, 3.63) is 75.9 Å². The predicted molar refractivity (Wildman–Crippen MR) is 146 cm³/mol. The number of aryl methyl sites for hydroxylation is 2. The van der Waals surface area contributed by atoms with Crippen LogP contribution in [0.3, 0.4) is 0 Å². The van der Waals surface area contributed by atoms with Crippen LogP contribution in [0.5, 0.6) is 0 Å². The number of primary amides is 1. The Morgan fingerprint density at radius 1 is 1.02 bits per heavy atom. The number of alkyl halides is 3. The van der Waals surface area contributed by atoms with E-state index in [2.05, 4.69) is 30.9 Å². The second-order valence-electron chi connectivity index (χ2n) is 8.58. The number of benzene rings is 2. The van der Waals surface area contributed by atoms with Crippen LogP contribution < -0.4 is 21.7 Å². The first-order valence-electron chi connectivity index (χ1n) is 11.8. The number of aliphatic hydroxyl groups excluding tert-OH is 1. The normalized spacial score (nSPS) is 11.2. The molecule has 0 aliphatic carbocycles. The Hall–Kier alpha value is -4.56. The molecule has 2 aromatic heterocycles. The first-order valence-corrected chi connectivity index (χ1v) is 12.6. The minimum atomic E-state index is -4.59. The zero-order chi connectivity index (χ0) is 29.0. The van der Waals surface area contributed by atoms with Crippen LogP contribution in [0.4, 0.5) is 35.6 Å². The molecule has 0 bridgehead atoms. The second-order valence-corrected chi connectivity index (χ2v) is 9.58. The molecule has 14 heteroatoms. The Morgan fingerprint density at radius 2 is 1.77 bits per heavy atom. The van der Waals surface area contributed by atoms with Gasteiger partial charge in [0, 0.05) is 29.4 Å². The summed E-state index contributed by atoms with van der Waals surface area (Å²) in [5, 5.41) is 17.9. The van der Waals surface area contributed by atoms with Gasteiger partial charge >= 0.3 is 6.18 Å². The third kappa shape index (κ3) is 6.71. The van der Waals surface area contributed by atoms with Gasteiger partial charge in [-0.2, -0.15) is 13.2 Å². The maximum absolute atomic E-state index is 13.1. The molecular formula is C26H24F3N7O3S. The van der Waals surface area contributed by atoms with E-state index in [1.807, 2.05) is 0 Å². The molecule has 6 N–H and O–H groups in total. The number of carbonyl (C=O) groups excluding carboxylic acids is 2. The number of aromatic nitrogens is 3. The summed E-state index contributed by atoms with van der Waals surface area (Å²) < 4.78 is 39.2. The Bertz CT molecular complexity index is 1570. The number of anilines is 4. The van der Waals surface area contributed by atoms with Crippen molar-refractivity contribution in [1.82, 2.24) is 15.0 Å². The van der Waals surface area contributed by atoms with Gasteiger partial charge < -0.3 is 26.8 Å². The highest BCUT2D eigenvalue weighted by Gasteiger charge is 2.31. The van der Waals surface area contributed by atoms with E-state index in [0.29, 0.717) is 40.3 Å². The monoisotopic (exact) mass is 571 g/mol. The lowest BCUT2D eigenvalue weighted by molar-refractivity contribution is -0.137. The van der Waals surface area contributed by atoms with Crippen molar-refractivity contribution in [2.45, 2.75) is 20.0 Å². The fraction of sp³-hybridized carbons (Fsp3) is 0.192. The third-order valence-corrected chi connectivity index (χ3v) is 6.53. The quantitative estimate of drug-likeness (QED) is 0.193. The number of nitrogens with two attached hydrogens (primary N) is 1. The van der Waals surface area contributed by atoms with Crippen LogP contribution in [0.1, 0.15) is 37.0 Å². The Kier molecular flexibility index (Phi) is 8.30. The zero-order valence-electron chi connectivity index (χ0n) is 21.3. The summed E-state index contributed by atoms with van der Waals surface area (Å²) in [5.41, 5.74) is 6.29. The summed E-state index contributed by atoms with van der Waals surface area (Å²) in [5.74, 6) is -0.125. The Balaban J connectivity index is 1.63. The molecule has 4 aromatic rings. The first-order chi connectivity index (χ1) is 18.9. The molecule has 2 amide bonds. The Morgan fingerprint density at radius 3 is 2.48 bits per heavy atom. The van der Waals surface area contributed by atoms with Crippen LogP contribution >= 0.6 is 11.3 Å². The number of amides is 2. The number of thiazole rings is 1. The molecule has 2 aromatic carbocycles. The molecule has 40 heavy (non-hydrogen) atoms. The van der Waals surface area contributed by atoms with Crippen LogP contribution in [0, 0.1) is 13.8 Å². The van der Waals surface area contributed by atoms with Gasteiger partial charge in [-0.15, -0.1) is 0 Å². The number of nitrogens with zero attached hydrogens (tertiary/aromatic N) is 3. The van der Waals surface area contributed by atoms with Crippen LogP contribution in [-0.2, 0) is 6.18 Å². The average molecular weight is 572 g/mol. The lowest BCUT2D eigenvalue weighted by atomic mass is 10.0. The van der Waals surface area contributed by atoms with Crippen LogP contribution in [0.2, 0.25) is 0 Å². The molecule has 0 aliphatic heterocycles. The average Bonchev–Trinajstić information content (AvgIpc) is 3.31. The van der Waals surface area contributed by atoms with Crippen molar-refractivity contribution in [2.75, 3.05) is 29.1 Å². The summed E-state index contributed by atoms with van der Waals surface area (Å²) in [6, 6.07) is 10.5. The lowest BCUT2D eigenvalue weighted by Crippen LogP contribution is -2.14. The molecule has 0 radical (unpaired) electrons. The third-order valence-electron chi connectivity index (χ3n) is 5.54. The molecule has 0 spiro atoms. The molecule has 0 fully saturated rings. The number of nitrogens with one attached hydrogen (secondary N) is 3. The lowest BCUT2D eigenvalue weighted by Gasteiger charge is -2.11. The highest BCUT2D eigenvalue weighted by atomic mass is 32.1. The summed E-state index contributed by atoms with van der Waals surface area (Å²) in [6.07, 6.45) is -4.59. The summed E-state index contributed by atoms with van der Waals surface area (Å²) in [7, 11) is 0. The number of rotatable bonds is 9. The van der Waals surface area contributed by atoms with Gasteiger partial charge in [0.2, 0.25) is 0 Å². The first kappa shape index (κ1) is 28.4. The molecule has 0 atom stereocenters. The topological polar surface area (TPSA) is 155 Å². The van der Waals surface area contributed by atoms with Gasteiger partial charge in [-0.05, 0) is 49.7 Å². The molecular weight excluding hydrogens is 547 g/mol. The highest BCUT2D eigenvalue weighted by Crippen LogP contribution is 2.35. The van der Waals surface area contributed by atoms with E-state index in [9.17, 15) is 22.8 Å².